The van der Waals surface area contributed by atoms with Crippen molar-refractivity contribution in [3.05, 3.63) is 28.8 Å². The quantitative estimate of drug-likeness (QED) is 0.644. The number of carbonyl (C=O) groups is 2. The average molecular weight is 335 g/mol. The van der Waals surface area contributed by atoms with Gasteiger partial charge in [0.25, 0.3) is 0 Å². The highest BCUT2D eigenvalue weighted by atomic mass is 35.5. The van der Waals surface area contributed by atoms with Gasteiger partial charge in [-0.2, -0.15) is 0 Å². The molecule has 0 aliphatic heterocycles. The first kappa shape index (κ1) is 17.4. The highest BCUT2D eigenvalue weighted by molar-refractivity contribution is 7.89. The predicted molar refractivity (Wildman–Crippen MR) is 77.1 cm³/mol. The van der Waals surface area contributed by atoms with Crippen LogP contribution in [0.15, 0.2) is 23.1 Å². The van der Waals surface area contributed by atoms with Gasteiger partial charge in [0.1, 0.15) is 10.7 Å². The lowest BCUT2D eigenvalue weighted by molar-refractivity contribution is -0.116. The van der Waals surface area contributed by atoms with Crippen LogP contribution in [0.25, 0.3) is 0 Å². The maximum Gasteiger partial charge on any atom is 0.404 e. The van der Waals surface area contributed by atoms with Crippen molar-refractivity contribution in [3.63, 3.8) is 0 Å². The fourth-order valence-corrected chi connectivity index (χ4v) is 3.16. The predicted octanol–water partition coefficient (Wildman–Crippen LogP) is 1.02. The molecule has 0 aliphatic rings. The van der Waals surface area contributed by atoms with E-state index in [9.17, 15) is 18.0 Å². The van der Waals surface area contributed by atoms with Gasteiger partial charge >= 0.3 is 6.09 Å². The molecular formula is C12H15ClN2O5S. The lowest BCUT2D eigenvalue weighted by atomic mass is 10.1. The van der Waals surface area contributed by atoms with Crippen LogP contribution in [0.2, 0.25) is 5.02 Å². The fourth-order valence-electron chi connectivity index (χ4n) is 1.58. The number of amides is 1. The summed E-state index contributed by atoms with van der Waals surface area (Å²) in [5.41, 5.74) is 0.538. The Hall–Kier alpha value is -1.64. The third-order valence-corrected chi connectivity index (χ3v) is 4.37. The number of nitrogens with one attached hydrogen (secondary N) is 2. The molecule has 0 radical (unpaired) electrons. The normalized spacial score (nSPS) is 11.1. The molecule has 0 aromatic heterocycles. The summed E-state index contributed by atoms with van der Waals surface area (Å²) >= 11 is 5.87. The first-order valence-corrected chi connectivity index (χ1v) is 7.83. The number of rotatable bonds is 7. The standard InChI is InChI=1S/C12H15ClN2O5S/c1-8(16)6-9-2-3-10(13)11(7-9)21(19,20)15-5-4-14-12(17)18/h2-3,7,14-15H,4-6H2,1H3,(H,17,18). The van der Waals surface area contributed by atoms with E-state index in [0.29, 0.717) is 5.56 Å². The van der Waals surface area contributed by atoms with Crippen LogP contribution in [0.5, 0.6) is 0 Å². The Morgan fingerprint density at radius 2 is 1.95 bits per heavy atom. The Morgan fingerprint density at radius 1 is 1.29 bits per heavy atom. The first-order valence-electron chi connectivity index (χ1n) is 5.96. The number of carbonyl (C=O) groups excluding carboxylic acids is 1. The van der Waals surface area contributed by atoms with E-state index < -0.39 is 16.1 Å². The molecule has 3 N–H and O–H groups in total. The number of carboxylic acid groups (broad SMARTS) is 1. The highest BCUT2D eigenvalue weighted by Gasteiger charge is 2.18. The molecule has 0 saturated carbocycles. The molecule has 7 nitrogen and oxygen atoms in total. The molecule has 9 heteroatoms. The van der Waals surface area contributed by atoms with Crippen molar-refractivity contribution < 1.29 is 23.1 Å². The van der Waals surface area contributed by atoms with Crippen molar-refractivity contribution in [1.29, 1.82) is 0 Å². The summed E-state index contributed by atoms with van der Waals surface area (Å²) < 4.78 is 26.4. The number of benzene rings is 1. The summed E-state index contributed by atoms with van der Waals surface area (Å²) in [5, 5.41) is 10.4. The van der Waals surface area contributed by atoms with Crippen LogP contribution in [-0.4, -0.2) is 38.5 Å². The maximum atomic E-state index is 12.1. The van der Waals surface area contributed by atoms with Gasteiger partial charge in [-0.25, -0.2) is 17.9 Å². The van der Waals surface area contributed by atoms with Crippen LogP contribution in [0.3, 0.4) is 0 Å². The van der Waals surface area contributed by atoms with Gasteiger partial charge in [0.2, 0.25) is 10.0 Å². The van der Waals surface area contributed by atoms with Crippen LogP contribution in [0.1, 0.15) is 12.5 Å². The van der Waals surface area contributed by atoms with E-state index in [2.05, 4.69) is 4.72 Å². The Bertz CT molecular complexity index is 645. The zero-order valence-corrected chi connectivity index (χ0v) is 12.8. The summed E-state index contributed by atoms with van der Waals surface area (Å²) in [6, 6.07) is 4.31. The van der Waals surface area contributed by atoms with Gasteiger partial charge in [-0.05, 0) is 24.6 Å². The van der Waals surface area contributed by atoms with Gasteiger partial charge < -0.3 is 10.4 Å². The van der Waals surface area contributed by atoms with Gasteiger partial charge in [-0.3, -0.25) is 4.79 Å². The Balaban J connectivity index is 2.86. The van der Waals surface area contributed by atoms with Crippen LogP contribution in [0, 0.1) is 0 Å². The van der Waals surface area contributed by atoms with E-state index in [4.69, 9.17) is 16.7 Å². The van der Waals surface area contributed by atoms with Gasteiger partial charge in [-0.15, -0.1) is 0 Å². The number of hydrogen-bond acceptors (Lipinski definition) is 4. The van der Waals surface area contributed by atoms with E-state index in [0.717, 1.165) is 0 Å². The lowest BCUT2D eigenvalue weighted by Gasteiger charge is -2.10. The molecule has 0 aliphatic carbocycles. The second-order valence-corrected chi connectivity index (χ2v) is 6.42. The van der Waals surface area contributed by atoms with Crippen LogP contribution >= 0.6 is 11.6 Å². The molecular weight excluding hydrogens is 320 g/mol. The van der Waals surface area contributed by atoms with Crippen molar-refractivity contribution in [2.75, 3.05) is 13.1 Å². The SMILES string of the molecule is CC(=O)Cc1ccc(Cl)c(S(=O)(=O)NCCNC(=O)O)c1. The molecule has 0 atom stereocenters. The average Bonchev–Trinajstić information content (AvgIpc) is 2.36. The molecule has 0 fully saturated rings. The molecule has 1 aromatic rings. The minimum absolute atomic E-state index is 0.0287. The van der Waals surface area contributed by atoms with Gasteiger partial charge in [0.05, 0.1) is 5.02 Å². The number of halogens is 1. The summed E-state index contributed by atoms with van der Waals surface area (Å²) in [7, 11) is -3.87. The molecule has 0 heterocycles. The highest BCUT2D eigenvalue weighted by Crippen LogP contribution is 2.22. The molecule has 0 saturated heterocycles. The van der Waals surface area contributed by atoms with E-state index in [-0.39, 0.29) is 35.2 Å². The third kappa shape index (κ3) is 5.70. The molecule has 21 heavy (non-hydrogen) atoms. The minimum atomic E-state index is -3.87. The molecule has 1 rings (SSSR count). The second kappa shape index (κ2) is 7.39. The largest absolute Gasteiger partial charge is 0.465 e. The molecule has 0 unspecified atom stereocenters. The molecule has 1 aromatic carbocycles. The topological polar surface area (TPSA) is 113 Å². The summed E-state index contributed by atoms with van der Waals surface area (Å²) in [6.07, 6.45) is -1.13. The maximum absolute atomic E-state index is 12.1. The van der Waals surface area contributed by atoms with Crippen molar-refractivity contribution in [1.82, 2.24) is 10.0 Å². The summed E-state index contributed by atoms with van der Waals surface area (Å²) in [5.74, 6) is -0.0979. The van der Waals surface area contributed by atoms with Crippen LogP contribution in [0.4, 0.5) is 4.79 Å². The van der Waals surface area contributed by atoms with Gasteiger partial charge in [0.15, 0.2) is 0 Å². The third-order valence-electron chi connectivity index (χ3n) is 2.43. The smallest absolute Gasteiger partial charge is 0.404 e. The number of ketones is 1. The van der Waals surface area contributed by atoms with Crippen molar-refractivity contribution >= 4 is 33.5 Å². The second-order valence-electron chi connectivity index (χ2n) is 4.27. The Kier molecular flexibility index (Phi) is 6.13. The number of Topliss-reactive ketones (excluding diaryl/α,β-unsaturated/α-hetero) is 1. The van der Waals surface area contributed by atoms with Gasteiger partial charge in [0, 0.05) is 19.5 Å². The van der Waals surface area contributed by atoms with Crippen molar-refractivity contribution in [3.8, 4) is 0 Å². The molecule has 116 valence electrons. The van der Waals surface area contributed by atoms with E-state index in [1.807, 2.05) is 5.32 Å². The van der Waals surface area contributed by atoms with Crippen molar-refractivity contribution in [2.24, 2.45) is 0 Å². The van der Waals surface area contributed by atoms with E-state index in [1.165, 1.54) is 19.1 Å². The Labute approximate surface area is 127 Å². The lowest BCUT2D eigenvalue weighted by Crippen LogP contribution is -2.34. The van der Waals surface area contributed by atoms with Crippen LogP contribution < -0.4 is 10.0 Å². The first-order chi connectivity index (χ1) is 9.72. The number of hydrogen-bond donors (Lipinski definition) is 3. The van der Waals surface area contributed by atoms with E-state index in [1.54, 1.807) is 6.07 Å². The fraction of sp³-hybridized carbons (Fsp3) is 0.333. The van der Waals surface area contributed by atoms with Crippen LogP contribution in [-0.2, 0) is 21.2 Å². The minimum Gasteiger partial charge on any atom is -0.465 e. The Morgan fingerprint density at radius 3 is 2.52 bits per heavy atom. The molecule has 0 bridgehead atoms. The summed E-state index contributed by atoms with van der Waals surface area (Å²) in [6.45, 7) is 1.22. The zero-order chi connectivity index (χ0) is 16.0. The van der Waals surface area contributed by atoms with Gasteiger partial charge in [-0.1, -0.05) is 17.7 Å². The van der Waals surface area contributed by atoms with Crippen molar-refractivity contribution in [2.45, 2.75) is 18.2 Å². The molecule has 1 amide bonds. The molecule has 0 spiro atoms. The number of sulfonamides is 1. The monoisotopic (exact) mass is 334 g/mol. The summed E-state index contributed by atoms with van der Waals surface area (Å²) in [4.78, 5) is 21.2. The zero-order valence-electron chi connectivity index (χ0n) is 11.2. The van der Waals surface area contributed by atoms with E-state index >= 15 is 0 Å².